The first kappa shape index (κ1) is 19.2. The predicted octanol–water partition coefficient (Wildman–Crippen LogP) is 6.35. The van der Waals surface area contributed by atoms with Gasteiger partial charge in [-0.1, -0.05) is 73.5 Å². The van der Waals surface area contributed by atoms with Crippen LogP contribution < -0.4 is 10.2 Å². The quantitative estimate of drug-likeness (QED) is 0.540. The van der Waals surface area contributed by atoms with Crippen LogP contribution in [0.1, 0.15) is 32.1 Å². The summed E-state index contributed by atoms with van der Waals surface area (Å²) in [6.07, 6.45) is 5.83. The van der Waals surface area contributed by atoms with Crippen molar-refractivity contribution in [1.29, 1.82) is 0 Å². The highest BCUT2D eigenvalue weighted by atomic mass is 32.2. The Morgan fingerprint density at radius 1 is 0.967 bits per heavy atom. The van der Waals surface area contributed by atoms with Crippen LogP contribution in [0.4, 0.5) is 17.1 Å². The Morgan fingerprint density at radius 3 is 2.53 bits per heavy atom. The molecule has 0 atom stereocenters. The highest BCUT2D eigenvalue weighted by Gasteiger charge is 2.27. The molecule has 4 nitrogen and oxygen atoms in total. The van der Waals surface area contributed by atoms with Gasteiger partial charge in [0.15, 0.2) is 5.17 Å². The highest BCUT2D eigenvalue weighted by Crippen LogP contribution is 2.37. The maximum absolute atomic E-state index is 13.3. The number of benzene rings is 3. The zero-order valence-corrected chi connectivity index (χ0v) is 17.7. The fourth-order valence-electron chi connectivity index (χ4n) is 4.53. The first-order chi connectivity index (χ1) is 14.8. The zero-order valence-electron chi connectivity index (χ0n) is 16.9. The molecule has 1 fully saturated rings. The number of thioether (sulfide) groups is 1. The van der Waals surface area contributed by atoms with E-state index in [1.165, 1.54) is 36.4 Å². The van der Waals surface area contributed by atoms with Gasteiger partial charge in [0.1, 0.15) is 0 Å². The molecule has 5 heteroatoms. The minimum absolute atomic E-state index is 0.152. The Bertz CT molecular complexity index is 1080. The van der Waals surface area contributed by atoms with E-state index in [0.29, 0.717) is 11.8 Å². The Kier molecular flexibility index (Phi) is 5.45. The number of nitrogens with one attached hydrogen (secondary N) is 1. The average Bonchev–Trinajstić information content (AvgIpc) is 2.80. The molecule has 5 rings (SSSR count). The van der Waals surface area contributed by atoms with Crippen LogP contribution in [0.25, 0.3) is 10.8 Å². The molecule has 1 amide bonds. The summed E-state index contributed by atoms with van der Waals surface area (Å²) in [4.78, 5) is 20.2. The van der Waals surface area contributed by atoms with E-state index in [0.717, 1.165) is 40.5 Å². The Hall–Kier alpha value is -2.79. The summed E-state index contributed by atoms with van der Waals surface area (Å²) in [6, 6.07) is 22.8. The third-order valence-electron chi connectivity index (χ3n) is 5.92. The second-order valence-electron chi connectivity index (χ2n) is 7.90. The number of anilines is 2. The van der Waals surface area contributed by atoms with E-state index in [4.69, 9.17) is 4.99 Å². The summed E-state index contributed by atoms with van der Waals surface area (Å²) in [6.45, 7) is 0. The van der Waals surface area contributed by atoms with Crippen LogP contribution in [-0.4, -0.2) is 22.9 Å². The van der Waals surface area contributed by atoms with E-state index in [2.05, 4.69) is 23.5 Å². The summed E-state index contributed by atoms with van der Waals surface area (Å²) in [5.74, 6) is 0.523. The lowest BCUT2D eigenvalue weighted by atomic mass is 9.93. The van der Waals surface area contributed by atoms with E-state index >= 15 is 0 Å². The van der Waals surface area contributed by atoms with Crippen molar-refractivity contribution in [2.75, 3.05) is 16.0 Å². The first-order valence-corrected chi connectivity index (χ1v) is 11.7. The van der Waals surface area contributed by atoms with Crippen molar-refractivity contribution in [3.63, 3.8) is 0 Å². The van der Waals surface area contributed by atoms with Gasteiger partial charge in [-0.25, -0.2) is 4.99 Å². The largest absolute Gasteiger partial charge is 0.334 e. The van der Waals surface area contributed by atoms with Crippen LogP contribution in [0.5, 0.6) is 0 Å². The molecular weight excluding hydrogens is 390 g/mol. The van der Waals surface area contributed by atoms with Gasteiger partial charge in [-0.2, -0.15) is 0 Å². The molecule has 1 aliphatic carbocycles. The van der Waals surface area contributed by atoms with Crippen LogP contribution in [0, 0.1) is 0 Å². The molecule has 0 unspecified atom stereocenters. The Labute approximate surface area is 181 Å². The van der Waals surface area contributed by atoms with Crippen LogP contribution in [0.2, 0.25) is 0 Å². The van der Waals surface area contributed by atoms with Crippen LogP contribution in [-0.2, 0) is 4.79 Å². The minimum atomic E-state index is 0.152. The van der Waals surface area contributed by atoms with Crippen LogP contribution in [0.15, 0.2) is 71.7 Å². The molecule has 3 aromatic carbocycles. The van der Waals surface area contributed by atoms with Crippen molar-refractivity contribution in [3.8, 4) is 0 Å². The number of carbonyl (C=O) groups is 1. The van der Waals surface area contributed by atoms with Gasteiger partial charge < -0.3 is 10.2 Å². The fraction of sp³-hybridized carbons (Fsp3) is 0.280. The molecule has 0 radical (unpaired) electrons. The summed E-state index contributed by atoms with van der Waals surface area (Å²) >= 11 is 1.49. The first-order valence-electron chi connectivity index (χ1n) is 10.7. The molecule has 152 valence electrons. The topological polar surface area (TPSA) is 44.7 Å². The molecule has 0 bridgehead atoms. The van der Waals surface area contributed by atoms with E-state index in [1.807, 2.05) is 53.4 Å². The third-order valence-corrected chi connectivity index (χ3v) is 6.78. The number of aliphatic imine (C=N–C) groups is 1. The van der Waals surface area contributed by atoms with Gasteiger partial charge in [-0.15, -0.1) is 0 Å². The van der Waals surface area contributed by atoms with Gasteiger partial charge >= 0.3 is 0 Å². The van der Waals surface area contributed by atoms with E-state index in [9.17, 15) is 4.79 Å². The third kappa shape index (κ3) is 3.82. The van der Waals surface area contributed by atoms with E-state index in [1.54, 1.807) is 0 Å². The minimum Gasteiger partial charge on any atom is -0.334 e. The second-order valence-corrected chi connectivity index (χ2v) is 8.87. The molecule has 1 aliphatic heterocycles. The Balaban J connectivity index is 1.35. The standard InChI is InChI=1S/C25H25N3OS/c29-23(28(19-11-3-1-4-12-19)20-13-5-2-6-14-20)17-30-25-26-21-15-7-9-18-10-8-16-22(27-25)24(18)21/h1,3-4,7-12,15-16,20H,2,5-6,13-14,17H2,(H,26,27). The molecule has 1 saturated carbocycles. The molecule has 2 aliphatic rings. The number of hydrogen-bond acceptors (Lipinski definition) is 4. The molecule has 0 saturated heterocycles. The van der Waals surface area contributed by atoms with Crippen molar-refractivity contribution in [2.45, 2.75) is 38.1 Å². The molecule has 30 heavy (non-hydrogen) atoms. The maximum Gasteiger partial charge on any atom is 0.237 e. The summed E-state index contributed by atoms with van der Waals surface area (Å²) < 4.78 is 0. The van der Waals surface area contributed by atoms with Gasteiger partial charge in [0.2, 0.25) is 5.91 Å². The molecule has 0 aromatic heterocycles. The van der Waals surface area contributed by atoms with Crippen molar-refractivity contribution in [1.82, 2.24) is 0 Å². The molecule has 1 N–H and O–H groups in total. The number of para-hydroxylation sites is 1. The predicted molar refractivity (Wildman–Crippen MR) is 128 cm³/mol. The number of amides is 1. The molecular formula is C25H25N3OS. The number of nitrogens with zero attached hydrogens (tertiary/aromatic N) is 2. The molecule has 0 spiro atoms. The number of rotatable bonds is 4. The average molecular weight is 416 g/mol. The smallest absolute Gasteiger partial charge is 0.237 e. The SMILES string of the molecule is O=C(CSC1=Nc2cccc3cccc(c23)N1)N(c1ccccc1)C1CCCCC1. The number of hydrogen-bond donors (Lipinski definition) is 1. The highest BCUT2D eigenvalue weighted by molar-refractivity contribution is 8.14. The zero-order chi connectivity index (χ0) is 20.3. The van der Waals surface area contributed by atoms with Gasteiger partial charge in [0, 0.05) is 17.1 Å². The lowest BCUT2D eigenvalue weighted by Crippen LogP contribution is -2.43. The lowest BCUT2D eigenvalue weighted by molar-refractivity contribution is -0.116. The van der Waals surface area contributed by atoms with Crippen molar-refractivity contribution >= 4 is 50.7 Å². The molecule has 1 heterocycles. The van der Waals surface area contributed by atoms with Gasteiger partial charge in [-0.05, 0) is 42.5 Å². The lowest BCUT2D eigenvalue weighted by Gasteiger charge is -2.34. The maximum atomic E-state index is 13.3. The molecule has 3 aromatic rings. The van der Waals surface area contributed by atoms with Gasteiger partial charge in [0.05, 0.1) is 17.1 Å². The summed E-state index contributed by atoms with van der Waals surface area (Å²) in [5, 5.41) is 6.52. The number of amidine groups is 1. The van der Waals surface area contributed by atoms with Crippen LogP contribution >= 0.6 is 11.8 Å². The number of carbonyl (C=O) groups excluding carboxylic acids is 1. The van der Waals surface area contributed by atoms with Crippen molar-refractivity contribution in [2.24, 2.45) is 4.99 Å². The summed E-state index contributed by atoms with van der Waals surface area (Å²) in [5.41, 5.74) is 3.02. The van der Waals surface area contributed by atoms with Gasteiger partial charge in [0.25, 0.3) is 0 Å². The van der Waals surface area contributed by atoms with E-state index < -0.39 is 0 Å². The van der Waals surface area contributed by atoms with Crippen molar-refractivity contribution in [3.05, 3.63) is 66.7 Å². The van der Waals surface area contributed by atoms with Crippen LogP contribution in [0.3, 0.4) is 0 Å². The van der Waals surface area contributed by atoms with Crippen molar-refractivity contribution < 1.29 is 4.79 Å². The van der Waals surface area contributed by atoms with E-state index in [-0.39, 0.29) is 5.91 Å². The monoisotopic (exact) mass is 415 g/mol. The van der Waals surface area contributed by atoms with Gasteiger partial charge in [-0.3, -0.25) is 4.79 Å². The second kappa shape index (κ2) is 8.52. The fourth-order valence-corrected chi connectivity index (χ4v) is 5.27. The Morgan fingerprint density at radius 2 is 1.73 bits per heavy atom. The summed E-state index contributed by atoms with van der Waals surface area (Å²) in [7, 11) is 0. The normalized spacial score (nSPS) is 16.1.